The van der Waals surface area contributed by atoms with Gasteiger partial charge in [-0.3, -0.25) is 9.35 Å². The molecule has 29 heavy (non-hydrogen) atoms. The summed E-state index contributed by atoms with van der Waals surface area (Å²) < 4.78 is 35.6. The van der Waals surface area contributed by atoms with Crippen molar-refractivity contribution in [2.24, 2.45) is 13.0 Å². The van der Waals surface area contributed by atoms with Crippen LogP contribution in [0.1, 0.15) is 31.7 Å². The van der Waals surface area contributed by atoms with Crippen LogP contribution in [-0.2, 0) is 24.7 Å². The summed E-state index contributed by atoms with van der Waals surface area (Å²) >= 11 is -2.03. The fourth-order valence-electron chi connectivity index (χ4n) is 3.18. The quantitative estimate of drug-likeness (QED) is 0.546. The molecule has 0 amide bonds. The van der Waals surface area contributed by atoms with Crippen LogP contribution >= 0.6 is 0 Å². The van der Waals surface area contributed by atoms with Gasteiger partial charge >= 0.3 is 0 Å². The van der Waals surface area contributed by atoms with E-state index in [1.165, 1.54) is 23.5 Å². The van der Waals surface area contributed by atoms with Crippen LogP contribution in [0.25, 0.3) is 11.1 Å². The van der Waals surface area contributed by atoms with Crippen LogP contribution in [-0.4, -0.2) is 33.1 Å². The molecule has 0 bridgehead atoms. The van der Waals surface area contributed by atoms with Crippen molar-refractivity contribution in [1.82, 2.24) is 9.29 Å². The smallest absolute Gasteiger partial charge is 0.254 e. The zero-order chi connectivity index (χ0) is 20.8. The molecule has 1 heterocycles. The van der Waals surface area contributed by atoms with Gasteiger partial charge in [0.1, 0.15) is 11.5 Å². The van der Waals surface area contributed by atoms with Crippen LogP contribution in [0.2, 0.25) is 0 Å². The Bertz CT molecular complexity index is 924. The van der Waals surface area contributed by atoms with Gasteiger partial charge in [-0.05, 0) is 43.4 Å². The molecule has 0 aliphatic heterocycles. The summed E-state index contributed by atoms with van der Waals surface area (Å²) in [6.07, 6.45) is 5.95. The lowest BCUT2D eigenvalue weighted by atomic mass is 10.0. The minimum absolute atomic E-state index is 0.140. The zero-order valence-corrected chi connectivity index (χ0v) is 17.7. The van der Waals surface area contributed by atoms with Gasteiger partial charge in [0.05, 0.1) is 13.2 Å². The summed E-state index contributed by atoms with van der Waals surface area (Å²) in [7, 11) is 1.71. The molecule has 158 valence electrons. The number of aromatic nitrogens is 1. The van der Waals surface area contributed by atoms with Gasteiger partial charge in [0, 0.05) is 37.0 Å². The molecule has 1 atom stereocenters. The molecular formula is C21H28N2O5S. The van der Waals surface area contributed by atoms with Crippen LogP contribution in [0.3, 0.4) is 0 Å². The second-order valence-corrected chi connectivity index (χ2v) is 8.03. The SMILES string of the molecule is CCOc1cc(=O)n(C)cc1-c1cc(CCNS(=O)O)ccc1OCCC1CC1. The molecule has 0 radical (unpaired) electrons. The van der Waals surface area contributed by atoms with E-state index in [2.05, 4.69) is 4.72 Å². The third-order valence-electron chi connectivity index (χ3n) is 4.94. The molecule has 1 saturated carbocycles. The largest absolute Gasteiger partial charge is 0.493 e. The number of rotatable bonds is 11. The molecular weight excluding hydrogens is 392 g/mol. The lowest BCUT2D eigenvalue weighted by Gasteiger charge is -2.17. The average Bonchev–Trinajstić information content (AvgIpc) is 3.50. The van der Waals surface area contributed by atoms with Crippen molar-refractivity contribution >= 4 is 11.3 Å². The Kier molecular flexibility index (Phi) is 7.46. The monoisotopic (exact) mass is 420 g/mol. The van der Waals surface area contributed by atoms with Crippen molar-refractivity contribution < 1.29 is 18.2 Å². The van der Waals surface area contributed by atoms with E-state index in [0.29, 0.717) is 31.9 Å². The number of hydrogen-bond donors (Lipinski definition) is 2. The van der Waals surface area contributed by atoms with Crippen LogP contribution in [0.15, 0.2) is 35.3 Å². The first-order valence-corrected chi connectivity index (χ1v) is 11.0. The van der Waals surface area contributed by atoms with E-state index in [0.717, 1.165) is 34.8 Å². The van der Waals surface area contributed by atoms with Crippen molar-refractivity contribution in [1.29, 1.82) is 0 Å². The zero-order valence-electron chi connectivity index (χ0n) is 16.8. The molecule has 7 nitrogen and oxygen atoms in total. The standard InChI is InChI=1S/C21H28N2O5S/c1-3-27-20-13-21(24)23(2)14-18(20)17-12-16(8-10-22-29(25)26)6-7-19(17)28-11-9-15-4-5-15/h6-7,12-15,22H,3-5,8-11H2,1-2H3,(H,25,26). The average molecular weight is 421 g/mol. The van der Waals surface area contributed by atoms with Gasteiger partial charge in [-0.25, -0.2) is 8.93 Å². The predicted molar refractivity (Wildman–Crippen MR) is 114 cm³/mol. The highest BCUT2D eigenvalue weighted by atomic mass is 32.2. The molecule has 1 aromatic heterocycles. The Morgan fingerprint density at radius 2 is 2.00 bits per heavy atom. The molecule has 1 aromatic carbocycles. The van der Waals surface area contributed by atoms with Crippen molar-refractivity contribution in [3.05, 3.63) is 46.4 Å². The second kappa shape index (κ2) is 10.0. The van der Waals surface area contributed by atoms with Gasteiger partial charge in [-0.1, -0.05) is 18.9 Å². The first-order valence-electron chi connectivity index (χ1n) is 9.92. The summed E-state index contributed by atoms with van der Waals surface area (Å²) in [6, 6.07) is 7.38. The Hall–Kier alpha value is -2.16. The lowest BCUT2D eigenvalue weighted by molar-refractivity contribution is 0.303. The molecule has 1 aliphatic rings. The van der Waals surface area contributed by atoms with Crippen molar-refractivity contribution in [3.63, 3.8) is 0 Å². The number of nitrogens with one attached hydrogen (secondary N) is 1. The van der Waals surface area contributed by atoms with Gasteiger partial charge in [-0.2, -0.15) is 0 Å². The van der Waals surface area contributed by atoms with E-state index in [-0.39, 0.29) is 5.56 Å². The maximum absolute atomic E-state index is 12.1. The summed E-state index contributed by atoms with van der Waals surface area (Å²) in [5.41, 5.74) is 2.49. The van der Waals surface area contributed by atoms with Gasteiger partial charge < -0.3 is 14.0 Å². The number of nitrogens with zero attached hydrogens (tertiary/aromatic N) is 1. The van der Waals surface area contributed by atoms with Gasteiger partial charge in [0.2, 0.25) is 11.3 Å². The molecule has 1 aliphatic carbocycles. The molecule has 1 unspecified atom stereocenters. The molecule has 3 rings (SSSR count). The maximum Gasteiger partial charge on any atom is 0.254 e. The van der Waals surface area contributed by atoms with Gasteiger partial charge in [0.25, 0.3) is 5.56 Å². The number of aryl methyl sites for hydroxylation is 1. The highest BCUT2D eigenvalue weighted by molar-refractivity contribution is 7.77. The Morgan fingerprint density at radius 3 is 2.69 bits per heavy atom. The summed E-state index contributed by atoms with van der Waals surface area (Å²) in [5.74, 6) is 2.04. The summed E-state index contributed by atoms with van der Waals surface area (Å²) in [6.45, 7) is 3.35. The number of pyridine rings is 1. The van der Waals surface area contributed by atoms with Gasteiger partial charge in [-0.15, -0.1) is 0 Å². The molecule has 8 heteroatoms. The van der Waals surface area contributed by atoms with Crippen LogP contribution in [0.5, 0.6) is 11.5 Å². The highest BCUT2D eigenvalue weighted by Gasteiger charge is 2.21. The minimum atomic E-state index is -2.03. The fraction of sp³-hybridized carbons (Fsp3) is 0.476. The van der Waals surface area contributed by atoms with Crippen LogP contribution in [0, 0.1) is 5.92 Å². The van der Waals surface area contributed by atoms with E-state index in [1.54, 1.807) is 13.2 Å². The van der Waals surface area contributed by atoms with E-state index in [4.69, 9.17) is 14.0 Å². The fourth-order valence-corrected chi connectivity index (χ4v) is 3.46. The van der Waals surface area contributed by atoms with E-state index in [1.807, 2.05) is 25.1 Å². The molecule has 2 aromatic rings. The Labute approximate surface area is 173 Å². The summed E-state index contributed by atoms with van der Waals surface area (Å²) in [4.78, 5) is 12.1. The maximum atomic E-state index is 12.1. The van der Waals surface area contributed by atoms with E-state index < -0.39 is 11.3 Å². The van der Waals surface area contributed by atoms with E-state index >= 15 is 0 Å². The summed E-state index contributed by atoms with van der Waals surface area (Å²) in [5, 5.41) is 0. The predicted octanol–water partition coefficient (Wildman–Crippen LogP) is 2.90. The topological polar surface area (TPSA) is 89.8 Å². The molecule has 0 spiro atoms. The number of benzene rings is 1. The number of ether oxygens (including phenoxy) is 2. The van der Waals surface area contributed by atoms with Crippen molar-refractivity contribution in [2.45, 2.75) is 32.6 Å². The minimum Gasteiger partial charge on any atom is -0.493 e. The van der Waals surface area contributed by atoms with Crippen LogP contribution < -0.4 is 19.8 Å². The Morgan fingerprint density at radius 1 is 1.21 bits per heavy atom. The normalized spacial score (nSPS) is 14.6. The first kappa shape index (κ1) is 21.5. The molecule has 2 N–H and O–H groups in total. The van der Waals surface area contributed by atoms with E-state index in [9.17, 15) is 9.00 Å². The van der Waals surface area contributed by atoms with Crippen molar-refractivity contribution in [3.8, 4) is 22.6 Å². The lowest BCUT2D eigenvalue weighted by Crippen LogP contribution is -2.19. The molecule has 0 saturated heterocycles. The highest BCUT2D eigenvalue weighted by Crippen LogP contribution is 2.37. The third-order valence-corrected chi connectivity index (χ3v) is 5.40. The molecule has 1 fully saturated rings. The number of hydrogen-bond acceptors (Lipinski definition) is 4. The van der Waals surface area contributed by atoms with Crippen LogP contribution in [0.4, 0.5) is 0 Å². The Balaban J connectivity index is 1.94. The second-order valence-electron chi connectivity index (χ2n) is 7.24. The third kappa shape index (κ3) is 6.16. The first-order chi connectivity index (χ1) is 14.0. The van der Waals surface area contributed by atoms with Gasteiger partial charge in [0.15, 0.2) is 0 Å². The van der Waals surface area contributed by atoms with Crippen molar-refractivity contribution in [2.75, 3.05) is 19.8 Å².